The summed E-state index contributed by atoms with van der Waals surface area (Å²) in [5.41, 5.74) is 0. The van der Waals surface area contributed by atoms with Crippen molar-refractivity contribution in [1.82, 2.24) is 14.8 Å². The van der Waals surface area contributed by atoms with Gasteiger partial charge in [0.25, 0.3) is 0 Å². The van der Waals surface area contributed by atoms with Gasteiger partial charge in [0, 0.05) is 39.1 Å². The molecule has 1 aliphatic heterocycles. The van der Waals surface area contributed by atoms with Gasteiger partial charge in [0.05, 0.1) is 12.6 Å². The number of ketones is 1. The third-order valence-corrected chi connectivity index (χ3v) is 3.26. The highest BCUT2D eigenvalue weighted by atomic mass is 16.4. The number of piperazine rings is 1. The largest absolute Gasteiger partial charge is 0.445 e. The predicted octanol–water partition coefficient (Wildman–Crippen LogP) is 0.596. The second-order valence-corrected chi connectivity index (χ2v) is 4.99. The lowest BCUT2D eigenvalue weighted by atomic mass is 10.3. The van der Waals surface area contributed by atoms with Crippen LogP contribution in [0.3, 0.4) is 0 Å². The fraction of sp³-hybridized carbons (Fsp3) is 0.692. The van der Waals surface area contributed by atoms with Gasteiger partial charge in [0.2, 0.25) is 0 Å². The van der Waals surface area contributed by atoms with Gasteiger partial charge < -0.3 is 14.2 Å². The van der Waals surface area contributed by atoms with Crippen LogP contribution >= 0.6 is 0 Å². The summed E-state index contributed by atoms with van der Waals surface area (Å²) >= 11 is 0. The Labute approximate surface area is 108 Å². The van der Waals surface area contributed by atoms with E-state index in [1.165, 1.54) is 0 Å². The maximum Gasteiger partial charge on any atom is 0.195 e. The minimum absolute atomic E-state index is 0.108. The van der Waals surface area contributed by atoms with Crippen molar-refractivity contribution >= 4 is 5.78 Å². The van der Waals surface area contributed by atoms with Crippen LogP contribution in [0.4, 0.5) is 0 Å². The summed E-state index contributed by atoms with van der Waals surface area (Å²) in [7, 11) is 2.15. The smallest absolute Gasteiger partial charge is 0.195 e. The molecule has 18 heavy (non-hydrogen) atoms. The van der Waals surface area contributed by atoms with Gasteiger partial charge in [-0.3, -0.25) is 4.79 Å². The summed E-state index contributed by atoms with van der Waals surface area (Å²) in [4.78, 5) is 19.9. The Hall–Kier alpha value is -1.20. The van der Waals surface area contributed by atoms with E-state index in [1.807, 2.05) is 0 Å². The topological polar surface area (TPSA) is 49.6 Å². The Balaban J connectivity index is 1.76. The van der Waals surface area contributed by atoms with Crippen LogP contribution in [0, 0.1) is 0 Å². The maximum absolute atomic E-state index is 11.0. The molecule has 0 radical (unpaired) electrons. The van der Waals surface area contributed by atoms with Gasteiger partial charge in [-0.1, -0.05) is 0 Å². The minimum Gasteiger partial charge on any atom is -0.445 e. The molecule has 0 amide bonds. The van der Waals surface area contributed by atoms with Gasteiger partial charge in [-0.25, -0.2) is 4.98 Å². The van der Waals surface area contributed by atoms with Crippen LogP contribution in [0.2, 0.25) is 0 Å². The first-order valence-corrected chi connectivity index (χ1v) is 6.47. The molecule has 0 spiro atoms. The van der Waals surface area contributed by atoms with E-state index < -0.39 is 0 Å². The fourth-order valence-electron chi connectivity index (χ4n) is 2.12. The zero-order valence-corrected chi connectivity index (χ0v) is 11.2. The summed E-state index contributed by atoms with van der Waals surface area (Å²) in [6.45, 7) is 7.01. The predicted molar refractivity (Wildman–Crippen MR) is 68.5 cm³/mol. The number of oxazole rings is 1. The summed E-state index contributed by atoms with van der Waals surface area (Å²) in [5, 5.41) is 0. The zero-order chi connectivity index (χ0) is 13.0. The number of carbonyl (C=O) groups excluding carboxylic acids is 1. The van der Waals surface area contributed by atoms with Crippen molar-refractivity contribution in [3.8, 4) is 0 Å². The van der Waals surface area contributed by atoms with Gasteiger partial charge >= 0.3 is 0 Å². The van der Waals surface area contributed by atoms with Gasteiger partial charge in [-0.15, -0.1) is 0 Å². The molecule has 2 heterocycles. The molecule has 1 aliphatic rings. The minimum atomic E-state index is 0.108. The quantitative estimate of drug-likeness (QED) is 0.767. The number of aromatic nitrogens is 1. The molecular weight excluding hydrogens is 230 g/mol. The molecule has 5 heteroatoms. The van der Waals surface area contributed by atoms with Crippen molar-refractivity contribution in [2.45, 2.75) is 19.8 Å². The molecule has 1 fully saturated rings. The molecule has 1 aromatic rings. The van der Waals surface area contributed by atoms with Crippen molar-refractivity contribution < 1.29 is 9.21 Å². The number of rotatable bonds is 5. The first kappa shape index (κ1) is 13.2. The van der Waals surface area contributed by atoms with Crippen LogP contribution in [-0.4, -0.2) is 60.3 Å². The Kier molecular flexibility index (Phi) is 4.49. The highest BCUT2D eigenvalue weighted by molar-refractivity contribution is 5.77. The number of Topliss-reactive ketones (excluding diaryl/α,β-unsaturated/α-hetero) is 1. The standard InChI is InChI=1S/C13H21N3O2/c1-11(17)9-12-10-14-13(18-12)3-4-16-7-5-15(2)6-8-16/h10H,3-9H2,1-2H3. The van der Waals surface area contributed by atoms with E-state index in [4.69, 9.17) is 4.42 Å². The third kappa shape index (κ3) is 3.92. The monoisotopic (exact) mass is 251 g/mol. The number of carbonyl (C=O) groups is 1. The SMILES string of the molecule is CC(=O)Cc1cnc(CCN2CCN(C)CC2)o1. The van der Waals surface area contributed by atoms with Crippen LogP contribution in [0.5, 0.6) is 0 Å². The Morgan fingerprint density at radius 1 is 1.39 bits per heavy atom. The molecule has 0 atom stereocenters. The van der Waals surface area contributed by atoms with E-state index in [0.717, 1.165) is 45.0 Å². The fourth-order valence-corrected chi connectivity index (χ4v) is 2.12. The Morgan fingerprint density at radius 2 is 2.11 bits per heavy atom. The number of nitrogens with zero attached hydrogens (tertiary/aromatic N) is 3. The van der Waals surface area contributed by atoms with E-state index in [2.05, 4.69) is 21.8 Å². The lowest BCUT2D eigenvalue weighted by molar-refractivity contribution is -0.116. The first-order chi connectivity index (χ1) is 8.63. The van der Waals surface area contributed by atoms with E-state index in [-0.39, 0.29) is 5.78 Å². The molecule has 2 rings (SSSR count). The van der Waals surface area contributed by atoms with E-state index in [0.29, 0.717) is 12.2 Å². The highest BCUT2D eigenvalue weighted by Gasteiger charge is 2.14. The molecule has 0 saturated carbocycles. The van der Waals surface area contributed by atoms with Gasteiger partial charge in [0.1, 0.15) is 11.5 Å². The second-order valence-electron chi connectivity index (χ2n) is 4.99. The summed E-state index contributed by atoms with van der Waals surface area (Å²) < 4.78 is 5.54. The van der Waals surface area contributed by atoms with E-state index >= 15 is 0 Å². The lowest BCUT2D eigenvalue weighted by Crippen LogP contribution is -2.45. The Bertz CT molecular complexity index is 395. The lowest BCUT2D eigenvalue weighted by Gasteiger charge is -2.31. The molecular formula is C13H21N3O2. The molecule has 5 nitrogen and oxygen atoms in total. The zero-order valence-electron chi connectivity index (χ0n) is 11.2. The van der Waals surface area contributed by atoms with Crippen molar-refractivity contribution in [3.63, 3.8) is 0 Å². The molecule has 0 aliphatic carbocycles. The molecule has 0 unspecified atom stereocenters. The maximum atomic E-state index is 11.0. The molecule has 0 aromatic carbocycles. The summed E-state index contributed by atoms with van der Waals surface area (Å²) in [6.07, 6.45) is 2.84. The normalized spacial score (nSPS) is 18.1. The number of likely N-dealkylation sites (N-methyl/N-ethyl adjacent to an activating group) is 1. The third-order valence-electron chi connectivity index (χ3n) is 3.26. The molecule has 1 aromatic heterocycles. The van der Waals surface area contributed by atoms with E-state index in [9.17, 15) is 4.79 Å². The van der Waals surface area contributed by atoms with Gasteiger partial charge in [-0.05, 0) is 14.0 Å². The summed E-state index contributed by atoms with van der Waals surface area (Å²) in [5.74, 6) is 1.53. The molecule has 0 N–H and O–H groups in total. The van der Waals surface area contributed by atoms with Crippen molar-refractivity contribution in [3.05, 3.63) is 17.8 Å². The van der Waals surface area contributed by atoms with Crippen LogP contribution in [0.15, 0.2) is 10.6 Å². The molecule has 100 valence electrons. The molecule has 0 bridgehead atoms. The van der Waals surface area contributed by atoms with Crippen LogP contribution in [0.1, 0.15) is 18.6 Å². The van der Waals surface area contributed by atoms with Crippen molar-refractivity contribution in [2.75, 3.05) is 39.8 Å². The van der Waals surface area contributed by atoms with Crippen LogP contribution < -0.4 is 0 Å². The average Bonchev–Trinajstić information content (AvgIpc) is 2.75. The second kappa shape index (κ2) is 6.11. The summed E-state index contributed by atoms with van der Waals surface area (Å²) in [6, 6.07) is 0. The van der Waals surface area contributed by atoms with Crippen LogP contribution in [-0.2, 0) is 17.6 Å². The Morgan fingerprint density at radius 3 is 2.78 bits per heavy atom. The number of hydrogen-bond acceptors (Lipinski definition) is 5. The average molecular weight is 251 g/mol. The van der Waals surface area contributed by atoms with Gasteiger partial charge in [0.15, 0.2) is 5.89 Å². The van der Waals surface area contributed by atoms with E-state index in [1.54, 1.807) is 13.1 Å². The molecule has 1 saturated heterocycles. The van der Waals surface area contributed by atoms with Crippen molar-refractivity contribution in [1.29, 1.82) is 0 Å². The first-order valence-electron chi connectivity index (χ1n) is 6.47. The van der Waals surface area contributed by atoms with Crippen molar-refractivity contribution in [2.24, 2.45) is 0 Å². The highest BCUT2D eigenvalue weighted by Crippen LogP contribution is 2.07. The number of hydrogen-bond donors (Lipinski definition) is 0. The van der Waals surface area contributed by atoms with Crippen LogP contribution in [0.25, 0.3) is 0 Å². The van der Waals surface area contributed by atoms with Gasteiger partial charge in [-0.2, -0.15) is 0 Å².